The summed E-state index contributed by atoms with van der Waals surface area (Å²) in [5.74, 6) is 0.881. The number of aromatic carboxylic acids is 1. The van der Waals surface area contributed by atoms with Gasteiger partial charge < -0.3 is 5.11 Å². The van der Waals surface area contributed by atoms with Crippen molar-refractivity contribution >= 4 is 30.4 Å². The summed E-state index contributed by atoms with van der Waals surface area (Å²) < 4.78 is 0. The molecule has 1 aromatic rings. The van der Waals surface area contributed by atoms with Gasteiger partial charge in [-0.25, -0.2) is 4.79 Å². The lowest BCUT2D eigenvalue weighted by molar-refractivity contribution is 0.0697. The van der Waals surface area contributed by atoms with Crippen LogP contribution < -0.4 is 0 Å². The maximum Gasteiger partial charge on any atom is 0.335 e. The number of thioether (sulfide) groups is 1. The van der Waals surface area contributed by atoms with E-state index in [-0.39, 0.29) is 0 Å². The van der Waals surface area contributed by atoms with E-state index < -0.39 is 5.97 Å². The third-order valence-electron chi connectivity index (χ3n) is 1.46. The summed E-state index contributed by atoms with van der Waals surface area (Å²) >= 11 is 5.76. The molecule has 0 spiro atoms. The standard InChI is InChI=1S/C9H10O2S2/c10-9(11)7-1-3-8(4-2-7)13-6-5-12/h1-4,12H,5-6H2,(H,10,11). The quantitative estimate of drug-likeness (QED) is 0.597. The second-order valence-electron chi connectivity index (χ2n) is 2.40. The number of thiol groups is 1. The first-order valence-corrected chi connectivity index (χ1v) is 5.43. The van der Waals surface area contributed by atoms with Crippen molar-refractivity contribution in [3.05, 3.63) is 29.8 Å². The van der Waals surface area contributed by atoms with Crippen LogP contribution in [0.1, 0.15) is 10.4 Å². The zero-order valence-electron chi connectivity index (χ0n) is 6.93. The van der Waals surface area contributed by atoms with Crippen LogP contribution in [0, 0.1) is 0 Å². The Labute approximate surface area is 86.8 Å². The van der Waals surface area contributed by atoms with E-state index in [1.807, 2.05) is 12.1 Å². The maximum absolute atomic E-state index is 10.5. The number of hydrogen-bond donors (Lipinski definition) is 2. The highest BCUT2D eigenvalue weighted by molar-refractivity contribution is 8.00. The molecule has 13 heavy (non-hydrogen) atoms. The molecule has 2 nitrogen and oxygen atoms in total. The third-order valence-corrected chi connectivity index (χ3v) is 3.00. The lowest BCUT2D eigenvalue weighted by Crippen LogP contribution is -1.94. The van der Waals surface area contributed by atoms with Crippen molar-refractivity contribution in [3.63, 3.8) is 0 Å². The van der Waals surface area contributed by atoms with Crippen molar-refractivity contribution < 1.29 is 9.90 Å². The van der Waals surface area contributed by atoms with Gasteiger partial charge in [-0.05, 0) is 30.0 Å². The van der Waals surface area contributed by atoms with Crippen LogP contribution in [0.4, 0.5) is 0 Å². The van der Waals surface area contributed by atoms with E-state index in [2.05, 4.69) is 12.6 Å². The smallest absolute Gasteiger partial charge is 0.335 e. The van der Waals surface area contributed by atoms with Gasteiger partial charge in [0.05, 0.1) is 5.56 Å². The summed E-state index contributed by atoms with van der Waals surface area (Å²) in [4.78, 5) is 11.6. The molecule has 0 aliphatic heterocycles. The Morgan fingerprint density at radius 2 is 2.00 bits per heavy atom. The van der Waals surface area contributed by atoms with Crippen molar-refractivity contribution in [2.45, 2.75) is 4.90 Å². The molecule has 0 heterocycles. The average Bonchev–Trinajstić information content (AvgIpc) is 2.15. The van der Waals surface area contributed by atoms with Gasteiger partial charge in [0.15, 0.2) is 0 Å². The molecule has 0 amide bonds. The summed E-state index contributed by atoms with van der Waals surface area (Å²) in [5.41, 5.74) is 0.329. The Kier molecular flexibility index (Phi) is 4.18. The number of carboxylic acid groups (broad SMARTS) is 1. The molecule has 0 unspecified atom stereocenters. The first-order chi connectivity index (χ1) is 6.24. The van der Waals surface area contributed by atoms with E-state index in [0.29, 0.717) is 5.56 Å². The first kappa shape index (κ1) is 10.5. The summed E-state index contributed by atoms with van der Waals surface area (Å²) in [6, 6.07) is 6.86. The largest absolute Gasteiger partial charge is 0.478 e. The fourth-order valence-electron chi connectivity index (χ4n) is 0.857. The van der Waals surface area contributed by atoms with Crippen LogP contribution in [0.2, 0.25) is 0 Å². The minimum Gasteiger partial charge on any atom is -0.478 e. The van der Waals surface area contributed by atoms with Crippen LogP contribution >= 0.6 is 24.4 Å². The highest BCUT2D eigenvalue weighted by atomic mass is 32.2. The highest BCUT2D eigenvalue weighted by Crippen LogP contribution is 2.18. The van der Waals surface area contributed by atoms with Crippen molar-refractivity contribution in [3.8, 4) is 0 Å². The minimum atomic E-state index is -0.884. The molecule has 0 radical (unpaired) electrons. The van der Waals surface area contributed by atoms with Crippen molar-refractivity contribution in [1.29, 1.82) is 0 Å². The van der Waals surface area contributed by atoms with E-state index in [0.717, 1.165) is 16.4 Å². The Morgan fingerprint density at radius 1 is 1.38 bits per heavy atom. The number of hydrogen-bond acceptors (Lipinski definition) is 3. The van der Waals surface area contributed by atoms with Gasteiger partial charge in [-0.2, -0.15) is 12.6 Å². The first-order valence-electron chi connectivity index (χ1n) is 3.81. The molecule has 0 saturated heterocycles. The molecule has 0 fully saturated rings. The van der Waals surface area contributed by atoms with Gasteiger partial charge in [0.25, 0.3) is 0 Å². The molecule has 0 aromatic heterocycles. The topological polar surface area (TPSA) is 37.3 Å². The van der Waals surface area contributed by atoms with Crippen LogP contribution in [0.5, 0.6) is 0 Å². The van der Waals surface area contributed by atoms with Crippen molar-refractivity contribution in [2.75, 3.05) is 11.5 Å². The molecule has 1 rings (SSSR count). The predicted molar refractivity (Wildman–Crippen MR) is 58.0 cm³/mol. The van der Waals surface area contributed by atoms with E-state index in [9.17, 15) is 4.79 Å². The summed E-state index contributed by atoms with van der Waals surface area (Å²) in [5, 5.41) is 8.63. The van der Waals surface area contributed by atoms with Gasteiger partial charge in [-0.1, -0.05) is 0 Å². The number of carbonyl (C=O) groups is 1. The summed E-state index contributed by atoms with van der Waals surface area (Å²) in [7, 11) is 0. The minimum absolute atomic E-state index is 0.329. The lowest BCUT2D eigenvalue weighted by Gasteiger charge is -1.99. The zero-order valence-corrected chi connectivity index (χ0v) is 8.65. The van der Waals surface area contributed by atoms with E-state index in [1.165, 1.54) is 0 Å². The van der Waals surface area contributed by atoms with Gasteiger partial charge in [-0.15, -0.1) is 11.8 Å². The van der Waals surface area contributed by atoms with Crippen molar-refractivity contribution in [2.24, 2.45) is 0 Å². The second-order valence-corrected chi connectivity index (χ2v) is 4.02. The normalized spacial score (nSPS) is 9.92. The maximum atomic E-state index is 10.5. The molecular formula is C9H10O2S2. The average molecular weight is 214 g/mol. The highest BCUT2D eigenvalue weighted by Gasteiger charge is 2.00. The van der Waals surface area contributed by atoms with E-state index >= 15 is 0 Å². The number of rotatable bonds is 4. The molecule has 4 heteroatoms. The molecule has 0 atom stereocenters. The Hall–Kier alpha value is -0.610. The van der Waals surface area contributed by atoms with Crippen LogP contribution in [-0.4, -0.2) is 22.6 Å². The van der Waals surface area contributed by atoms with Gasteiger partial charge in [0.1, 0.15) is 0 Å². The van der Waals surface area contributed by atoms with Crippen LogP contribution in [0.25, 0.3) is 0 Å². The summed E-state index contributed by atoms with van der Waals surface area (Å²) in [6.45, 7) is 0. The molecule has 0 aliphatic rings. The van der Waals surface area contributed by atoms with Gasteiger partial charge in [0.2, 0.25) is 0 Å². The SMILES string of the molecule is O=C(O)c1ccc(SCCS)cc1. The third kappa shape index (κ3) is 3.32. The zero-order chi connectivity index (χ0) is 9.68. The second kappa shape index (κ2) is 5.19. The van der Waals surface area contributed by atoms with Gasteiger partial charge in [0, 0.05) is 10.6 Å². The monoisotopic (exact) mass is 214 g/mol. The molecule has 0 saturated carbocycles. The van der Waals surface area contributed by atoms with Crippen LogP contribution in [-0.2, 0) is 0 Å². The Morgan fingerprint density at radius 3 is 2.46 bits per heavy atom. The molecule has 1 aromatic carbocycles. The number of benzene rings is 1. The fourth-order valence-corrected chi connectivity index (χ4v) is 1.79. The predicted octanol–water partition coefficient (Wildman–Crippen LogP) is 2.41. The van der Waals surface area contributed by atoms with Gasteiger partial charge in [-0.3, -0.25) is 0 Å². The van der Waals surface area contributed by atoms with Gasteiger partial charge >= 0.3 is 5.97 Å². The van der Waals surface area contributed by atoms with E-state index in [1.54, 1.807) is 23.9 Å². The molecule has 70 valence electrons. The van der Waals surface area contributed by atoms with E-state index in [4.69, 9.17) is 5.11 Å². The Bertz CT molecular complexity index is 282. The van der Waals surface area contributed by atoms with Crippen LogP contribution in [0.3, 0.4) is 0 Å². The molecular weight excluding hydrogens is 204 g/mol. The summed E-state index contributed by atoms with van der Waals surface area (Å²) in [6.07, 6.45) is 0. The Balaban J connectivity index is 2.64. The van der Waals surface area contributed by atoms with Crippen LogP contribution in [0.15, 0.2) is 29.2 Å². The molecule has 1 N–H and O–H groups in total. The molecule has 0 bridgehead atoms. The number of carboxylic acids is 1. The lowest BCUT2D eigenvalue weighted by atomic mass is 10.2. The fraction of sp³-hybridized carbons (Fsp3) is 0.222. The molecule has 0 aliphatic carbocycles. The van der Waals surface area contributed by atoms with Crippen molar-refractivity contribution in [1.82, 2.24) is 0 Å².